The molecule has 7 heteroatoms. The molecule has 1 heterocycles. The molecule has 130 valence electrons. The zero-order valence-corrected chi connectivity index (χ0v) is 13.1. The van der Waals surface area contributed by atoms with Crippen molar-refractivity contribution in [2.45, 2.75) is 25.7 Å². The topological polar surface area (TPSA) is 58.2 Å². The highest BCUT2D eigenvalue weighted by Gasteiger charge is 2.30. The first-order valence-electron chi connectivity index (χ1n) is 7.66. The van der Waals surface area contributed by atoms with Crippen LogP contribution in [0.2, 0.25) is 0 Å². The van der Waals surface area contributed by atoms with E-state index in [1.165, 1.54) is 12.1 Å². The number of hydrogen-bond acceptors (Lipinski definition) is 2. The van der Waals surface area contributed by atoms with Gasteiger partial charge in [0.05, 0.1) is 12.0 Å². The highest BCUT2D eigenvalue weighted by molar-refractivity contribution is 5.98. The van der Waals surface area contributed by atoms with Gasteiger partial charge in [0.1, 0.15) is 0 Å². The van der Waals surface area contributed by atoms with Crippen molar-refractivity contribution < 1.29 is 22.8 Å². The van der Waals surface area contributed by atoms with E-state index in [0.29, 0.717) is 17.7 Å². The van der Waals surface area contributed by atoms with Gasteiger partial charge in [-0.2, -0.15) is 13.2 Å². The van der Waals surface area contributed by atoms with E-state index in [0.717, 1.165) is 23.3 Å². The molecule has 0 aromatic heterocycles. The minimum atomic E-state index is -4.39. The van der Waals surface area contributed by atoms with Crippen LogP contribution in [0.5, 0.6) is 0 Å². The summed E-state index contributed by atoms with van der Waals surface area (Å²) >= 11 is 0. The van der Waals surface area contributed by atoms with Crippen LogP contribution in [0, 0.1) is 0 Å². The van der Waals surface area contributed by atoms with Gasteiger partial charge < -0.3 is 10.6 Å². The number of hydrogen-bond donors (Lipinski definition) is 2. The standard InChI is InChI=1S/C18H15F3N2O2/c19-18(20,21)14-5-2-11(3-6-14)8-16(24)22-9-12-1-4-13-10-23-17(25)15(13)7-12/h1-7H,8-10H2,(H,22,24)(H,23,25). The summed E-state index contributed by atoms with van der Waals surface area (Å²) in [4.78, 5) is 23.6. The molecule has 1 aliphatic heterocycles. The normalized spacial score (nSPS) is 13.3. The summed E-state index contributed by atoms with van der Waals surface area (Å²) in [6.45, 7) is 0.759. The predicted octanol–water partition coefficient (Wildman–Crippen LogP) is 2.81. The Hall–Kier alpha value is -2.83. The van der Waals surface area contributed by atoms with Crippen LogP contribution >= 0.6 is 0 Å². The molecular weight excluding hydrogens is 333 g/mol. The lowest BCUT2D eigenvalue weighted by molar-refractivity contribution is -0.137. The molecule has 0 atom stereocenters. The summed E-state index contributed by atoms with van der Waals surface area (Å²) in [6, 6.07) is 9.91. The molecule has 0 fully saturated rings. The zero-order chi connectivity index (χ0) is 18.0. The Bertz CT molecular complexity index is 814. The molecule has 2 aromatic rings. The van der Waals surface area contributed by atoms with Crippen LogP contribution < -0.4 is 10.6 Å². The third kappa shape index (κ3) is 3.99. The van der Waals surface area contributed by atoms with E-state index in [9.17, 15) is 22.8 Å². The minimum Gasteiger partial charge on any atom is -0.352 e. The lowest BCUT2D eigenvalue weighted by Gasteiger charge is -2.09. The van der Waals surface area contributed by atoms with Crippen LogP contribution in [0.1, 0.15) is 32.6 Å². The van der Waals surface area contributed by atoms with Gasteiger partial charge >= 0.3 is 6.18 Å². The number of amides is 2. The maximum atomic E-state index is 12.5. The molecule has 25 heavy (non-hydrogen) atoms. The predicted molar refractivity (Wildman–Crippen MR) is 84.6 cm³/mol. The maximum Gasteiger partial charge on any atom is 0.416 e. The Balaban J connectivity index is 1.57. The lowest BCUT2D eigenvalue weighted by Crippen LogP contribution is -2.24. The molecule has 2 aromatic carbocycles. The van der Waals surface area contributed by atoms with Crippen molar-refractivity contribution >= 4 is 11.8 Å². The van der Waals surface area contributed by atoms with Crippen molar-refractivity contribution in [2.75, 3.05) is 0 Å². The summed E-state index contributed by atoms with van der Waals surface area (Å²) in [5, 5.41) is 5.42. The Morgan fingerprint density at radius 2 is 1.76 bits per heavy atom. The highest BCUT2D eigenvalue weighted by atomic mass is 19.4. The van der Waals surface area contributed by atoms with Gasteiger partial charge in [0.25, 0.3) is 5.91 Å². The largest absolute Gasteiger partial charge is 0.416 e. The van der Waals surface area contributed by atoms with Crippen molar-refractivity contribution in [3.63, 3.8) is 0 Å². The lowest BCUT2D eigenvalue weighted by atomic mass is 10.1. The van der Waals surface area contributed by atoms with Gasteiger partial charge in [-0.15, -0.1) is 0 Å². The van der Waals surface area contributed by atoms with Crippen molar-refractivity contribution in [1.29, 1.82) is 0 Å². The first-order valence-corrected chi connectivity index (χ1v) is 7.66. The molecule has 0 saturated heterocycles. The van der Waals surface area contributed by atoms with Crippen LogP contribution in [0.25, 0.3) is 0 Å². The van der Waals surface area contributed by atoms with Gasteiger partial charge in [-0.25, -0.2) is 0 Å². The number of halogens is 3. The molecule has 0 bridgehead atoms. The van der Waals surface area contributed by atoms with Gasteiger partial charge in [-0.05, 0) is 34.9 Å². The van der Waals surface area contributed by atoms with E-state index >= 15 is 0 Å². The molecule has 0 aliphatic carbocycles. The van der Waals surface area contributed by atoms with Gasteiger partial charge in [0.2, 0.25) is 5.91 Å². The van der Waals surface area contributed by atoms with Crippen LogP contribution in [-0.2, 0) is 30.5 Å². The average molecular weight is 348 g/mol. The quantitative estimate of drug-likeness (QED) is 0.893. The third-order valence-electron chi connectivity index (χ3n) is 3.99. The van der Waals surface area contributed by atoms with Gasteiger partial charge in [0, 0.05) is 18.7 Å². The summed E-state index contributed by atoms with van der Waals surface area (Å²) < 4.78 is 37.5. The van der Waals surface area contributed by atoms with E-state index in [2.05, 4.69) is 10.6 Å². The second-order valence-electron chi connectivity index (χ2n) is 5.82. The molecule has 4 nitrogen and oxygen atoms in total. The Morgan fingerprint density at radius 1 is 1.08 bits per heavy atom. The zero-order valence-electron chi connectivity index (χ0n) is 13.1. The summed E-state index contributed by atoms with van der Waals surface area (Å²) in [6.07, 6.45) is -4.40. The Morgan fingerprint density at radius 3 is 2.44 bits per heavy atom. The maximum absolute atomic E-state index is 12.5. The van der Waals surface area contributed by atoms with Gasteiger partial charge in [0.15, 0.2) is 0 Å². The monoisotopic (exact) mass is 348 g/mol. The number of benzene rings is 2. The number of fused-ring (bicyclic) bond motifs is 1. The Labute approximate surface area is 142 Å². The molecule has 0 saturated carbocycles. The van der Waals surface area contributed by atoms with Crippen LogP contribution in [0.4, 0.5) is 13.2 Å². The SMILES string of the molecule is O=C(Cc1ccc(C(F)(F)F)cc1)NCc1ccc2c(c1)C(=O)NC2. The molecule has 2 amide bonds. The van der Waals surface area contributed by atoms with E-state index in [1.54, 1.807) is 6.07 Å². The van der Waals surface area contributed by atoms with Gasteiger partial charge in [-0.1, -0.05) is 24.3 Å². The third-order valence-corrected chi connectivity index (χ3v) is 3.99. The van der Waals surface area contributed by atoms with Crippen molar-refractivity contribution in [2.24, 2.45) is 0 Å². The summed E-state index contributed by atoms with van der Waals surface area (Å²) in [5.41, 5.74) is 2.07. The van der Waals surface area contributed by atoms with Crippen LogP contribution in [0.15, 0.2) is 42.5 Å². The second-order valence-corrected chi connectivity index (χ2v) is 5.82. The number of carbonyl (C=O) groups excluding carboxylic acids is 2. The number of nitrogens with one attached hydrogen (secondary N) is 2. The fraction of sp³-hybridized carbons (Fsp3) is 0.222. The van der Waals surface area contributed by atoms with E-state index < -0.39 is 11.7 Å². The number of alkyl halides is 3. The molecular formula is C18H15F3N2O2. The van der Waals surface area contributed by atoms with Crippen molar-refractivity contribution in [3.05, 3.63) is 70.3 Å². The average Bonchev–Trinajstić information content (AvgIpc) is 2.93. The fourth-order valence-electron chi connectivity index (χ4n) is 2.63. The minimum absolute atomic E-state index is 0.0104. The molecule has 0 radical (unpaired) electrons. The van der Waals surface area contributed by atoms with Crippen molar-refractivity contribution in [3.8, 4) is 0 Å². The fourth-order valence-corrected chi connectivity index (χ4v) is 2.63. The second kappa shape index (κ2) is 6.58. The van der Waals surface area contributed by atoms with Crippen LogP contribution in [0.3, 0.4) is 0 Å². The molecule has 3 rings (SSSR count). The number of rotatable bonds is 4. The molecule has 0 unspecified atom stereocenters. The molecule has 0 spiro atoms. The van der Waals surface area contributed by atoms with Crippen molar-refractivity contribution in [1.82, 2.24) is 10.6 Å². The van der Waals surface area contributed by atoms with E-state index in [-0.39, 0.29) is 24.8 Å². The first kappa shape index (κ1) is 17.0. The highest BCUT2D eigenvalue weighted by Crippen LogP contribution is 2.29. The number of carbonyl (C=O) groups is 2. The molecule has 1 aliphatic rings. The Kier molecular flexibility index (Phi) is 4.48. The van der Waals surface area contributed by atoms with E-state index in [1.807, 2.05) is 12.1 Å². The van der Waals surface area contributed by atoms with Crippen LogP contribution in [-0.4, -0.2) is 11.8 Å². The smallest absolute Gasteiger partial charge is 0.352 e. The molecule has 2 N–H and O–H groups in total. The summed E-state index contributed by atoms with van der Waals surface area (Å²) in [5.74, 6) is -0.433. The van der Waals surface area contributed by atoms with E-state index in [4.69, 9.17) is 0 Å². The first-order chi connectivity index (χ1) is 11.8. The summed E-state index contributed by atoms with van der Waals surface area (Å²) in [7, 11) is 0. The van der Waals surface area contributed by atoms with Gasteiger partial charge in [-0.3, -0.25) is 9.59 Å².